The van der Waals surface area contributed by atoms with Crippen molar-refractivity contribution < 1.29 is 18.7 Å². The van der Waals surface area contributed by atoms with Crippen LogP contribution in [0.25, 0.3) is 0 Å². The molecule has 0 heterocycles. The molecule has 0 spiro atoms. The van der Waals surface area contributed by atoms with Gasteiger partial charge in [0.1, 0.15) is 11.6 Å². The lowest BCUT2D eigenvalue weighted by atomic mass is 10.1. The Kier molecular flexibility index (Phi) is 5.30. The van der Waals surface area contributed by atoms with Crippen molar-refractivity contribution in [2.75, 3.05) is 13.2 Å². The Morgan fingerprint density at radius 2 is 2.11 bits per heavy atom. The van der Waals surface area contributed by atoms with Gasteiger partial charge in [-0.1, -0.05) is 0 Å². The molecule has 0 bridgehead atoms. The van der Waals surface area contributed by atoms with Crippen molar-refractivity contribution in [1.82, 2.24) is 5.32 Å². The van der Waals surface area contributed by atoms with E-state index < -0.39 is 5.82 Å². The predicted octanol–water partition coefficient (Wildman–Crippen LogP) is 1.93. The minimum Gasteiger partial charge on any atom is -0.493 e. The van der Waals surface area contributed by atoms with E-state index in [1.807, 2.05) is 6.92 Å². The van der Waals surface area contributed by atoms with Crippen molar-refractivity contribution in [3.63, 3.8) is 0 Å². The number of ketones is 1. The maximum Gasteiger partial charge on any atom is 0.223 e. The Hall–Kier alpha value is -1.91. The van der Waals surface area contributed by atoms with Gasteiger partial charge in [0.15, 0.2) is 5.78 Å². The van der Waals surface area contributed by atoms with Crippen LogP contribution in [0, 0.1) is 5.82 Å². The minimum absolute atomic E-state index is 0.0334. The van der Waals surface area contributed by atoms with Crippen molar-refractivity contribution in [1.29, 1.82) is 0 Å². The number of hydrogen-bond acceptors (Lipinski definition) is 3. The molecule has 5 heteroatoms. The van der Waals surface area contributed by atoms with Crippen LogP contribution >= 0.6 is 0 Å². The first-order valence-electron chi connectivity index (χ1n) is 5.74. The molecule has 98 valence electrons. The molecule has 0 aliphatic carbocycles. The second-order valence-electron chi connectivity index (χ2n) is 3.75. The fourth-order valence-corrected chi connectivity index (χ4v) is 1.42. The molecule has 0 saturated heterocycles. The molecule has 0 aliphatic rings. The molecule has 1 rings (SSSR count). The second-order valence-corrected chi connectivity index (χ2v) is 3.75. The predicted molar refractivity (Wildman–Crippen MR) is 65.2 cm³/mol. The molecule has 0 unspecified atom stereocenters. The zero-order valence-electron chi connectivity index (χ0n) is 10.5. The molecule has 0 atom stereocenters. The maximum absolute atomic E-state index is 13.4. The summed E-state index contributed by atoms with van der Waals surface area (Å²) >= 11 is 0. The van der Waals surface area contributed by atoms with E-state index in [0.717, 1.165) is 6.07 Å². The molecule has 0 saturated carbocycles. The highest BCUT2D eigenvalue weighted by molar-refractivity contribution is 5.94. The summed E-state index contributed by atoms with van der Waals surface area (Å²) in [5.41, 5.74) is 0.0334. The lowest BCUT2D eigenvalue weighted by Crippen LogP contribution is -2.24. The first-order valence-corrected chi connectivity index (χ1v) is 5.74. The monoisotopic (exact) mass is 253 g/mol. The zero-order chi connectivity index (χ0) is 13.5. The lowest BCUT2D eigenvalue weighted by Gasteiger charge is -2.07. The SMILES string of the molecule is CCNC(=O)CCOc1ccc(C(C)=O)c(F)c1. The molecular weight excluding hydrogens is 237 g/mol. The van der Waals surface area contributed by atoms with Crippen molar-refractivity contribution in [2.24, 2.45) is 0 Å². The average molecular weight is 253 g/mol. The number of rotatable bonds is 6. The molecule has 1 aromatic carbocycles. The van der Waals surface area contributed by atoms with Crippen LogP contribution in [0.3, 0.4) is 0 Å². The van der Waals surface area contributed by atoms with Crippen LogP contribution in [-0.4, -0.2) is 24.8 Å². The number of halogens is 1. The largest absolute Gasteiger partial charge is 0.493 e. The fraction of sp³-hybridized carbons (Fsp3) is 0.385. The Morgan fingerprint density at radius 1 is 1.39 bits per heavy atom. The van der Waals surface area contributed by atoms with Crippen LogP contribution in [0.5, 0.6) is 5.75 Å². The van der Waals surface area contributed by atoms with Crippen LogP contribution in [0.1, 0.15) is 30.6 Å². The molecule has 1 N–H and O–H groups in total. The van der Waals surface area contributed by atoms with Gasteiger partial charge in [-0.05, 0) is 26.0 Å². The maximum atomic E-state index is 13.4. The van der Waals surface area contributed by atoms with Gasteiger partial charge in [0.2, 0.25) is 5.91 Å². The van der Waals surface area contributed by atoms with Crippen LogP contribution in [0.2, 0.25) is 0 Å². The summed E-state index contributed by atoms with van der Waals surface area (Å²) in [5, 5.41) is 2.63. The molecule has 0 aromatic heterocycles. The lowest BCUT2D eigenvalue weighted by molar-refractivity contribution is -0.121. The number of Topliss-reactive ketones (excluding diaryl/α,β-unsaturated/α-hetero) is 1. The van der Waals surface area contributed by atoms with E-state index in [0.29, 0.717) is 12.3 Å². The van der Waals surface area contributed by atoms with E-state index in [1.54, 1.807) is 0 Å². The normalized spacial score (nSPS) is 9.94. The van der Waals surface area contributed by atoms with Crippen molar-refractivity contribution in [3.8, 4) is 5.75 Å². The van der Waals surface area contributed by atoms with Gasteiger partial charge in [-0.2, -0.15) is 0 Å². The van der Waals surface area contributed by atoms with Crippen LogP contribution < -0.4 is 10.1 Å². The van der Waals surface area contributed by atoms with E-state index in [4.69, 9.17) is 4.74 Å². The number of hydrogen-bond donors (Lipinski definition) is 1. The molecular formula is C13H16FNO3. The number of carbonyl (C=O) groups excluding carboxylic acids is 2. The summed E-state index contributed by atoms with van der Waals surface area (Å²) in [6.07, 6.45) is 0.212. The van der Waals surface area contributed by atoms with Crippen molar-refractivity contribution in [2.45, 2.75) is 20.3 Å². The number of benzene rings is 1. The Balaban J connectivity index is 2.51. The molecule has 1 aromatic rings. The first kappa shape index (κ1) is 14.2. The molecule has 18 heavy (non-hydrogen) atoms. The second kappa shape index (κ2) is 6.74. The van der Waals surface area contributed by atoms with E-state index in [2.05, 4.69) is 5.32 Å². The highest BCUT2D eigenvalue weighted by atomic mass is 19.1. The standard InChI is InChI=1S/C13H16FNO3/c1-3-15-13(17)6-7-18-10-4-5-11(9(2)16)12(14)8-10/h4-5,8H,3,6-7H2,1-2H3,(H,15,17). The molecule has 0 radical (unpaired) electrons. The molecule has 1 amide bonds. The highest BCUT2D eigenvalue weighted by Gasteiger charge is 2.08. The number of nitrogens with one attached hydrogen (secondary N) is 1. The Labute approximate surface area is 105 Å². The summed E-state index contributed by atoms with van der Waals surface area (Å²) in [6, 6.07) is 4.03. The van der Waals surface area contributed by atoms with Gasteiger partial charge >= 0.3 is 0 Å². The smallest absolute Gasteiger partial charge is 0.223 e. The molecule has 4 nitrogen and oxygen atoms in total. The van der Waals surface area contributed by atoms with Crippen LogP contribution in [0.4, 0.5) is 4.39 Å². The van der Waals surface area contributed by atoms with Gasteiger partial charge in [0.05, 0.1) is 18.6 Å². The van der Waals surface area contributed by atoms with E-state index in [-0.39, 0.29) is 30.3 Å². The quantitative estimate of drug-likeness (QED) is 0.788. The highest BCUT2D eigenvalue weighted by Crippen LogP contribution is 2.17. The van der Waals surface area contributed by atoms with Gasteiger partial charge in [0, 0.05) is 12.6 Å². The van der Waals surface area contributed by atoms with E-state index in [1.165, 1.54) is 19.1 Å². The van der Waals surface area contributed by atoms with E-state index in [9.17, 15) is 14.0 Å². The third kappa shape index (κ3) is 4.16. The summed E-state index contributed by atoms with van der Waals surface area (Å²) in [5.74, 6) is -0.750. The Bertz CT molecular complexity index is 446. The first-order chi connectivity index (χ1) is 8.54. The topological polar surface area (TPSA) is 55.4 Å². The number of ether oxygens (including phenoxy) is 1. The zero-order valence-corrected chi connectivity index (χ0v) is 10.5. The minimum atomic E-state index is -0.613. The molecule has 0 aliphatic heterocycles. The fourth-order valence-electron chi connectivity index (χ4n) is 1.42. The van der Waals surface area contributed by atoms with E-state index >= 15 is 0 Å². The average Bonchev–Trinajstić information content (AvgIpc) is 2.29. The van der Waals surface area contributed by atoms with Gasteiger partial charge in [0.25, 0.3) is 0 Å². The summed E-state index contributed by atoms with van der Waals surface area (Å²) in [6.45, 7) is 3.87. The van der Waals surface area contributed by atoms with Crippen LogP contribution in [0.15, 0.2) is 18.2 Å². The Morgan fingerprint density at radius 3 is 2.67 bits per heavy atom. The van der Waals surface area contributed by atoms with Crippen LogP contribution in [-0.2, 0) is 4.79 Å². The third-order valence-electron chi connectivity index (χ3n) is 2.29. The van der Waals surface area contributed by atoms with Gasteiger partial charge < -0.3 is 10.1 Å². The summed E-state index contributed by atoms with van der Waals surface area (Å²) < 4.78 is 18.7. The molecule has 0 fully saturated rings. The van der Waals surface area contributed by atoms with Gasteiger partial charge in [-0.15, -0.1) is 0 Å². The van der Waals surface area contributed by atoms with Crippen molar-refractivity contribution in [3.05, 3.63) is 29.6 Å². The number of amides is 1. The number of carbonyl (C=O) groups is 2. The summed E-state index contributed by atoms with van der Waals surface area (Å²) in [4.78, 5) is 22.2. The van der Waals surface area contributed by atoms with Gasteiger partial charge in [-0.25, -0.2) is 4.39 Å². The summed E-state index contributed by atoms with van der Waals surface area (Å²) in [7, 11) is 0. The third-order valence-corrected chi connectivity index (χ3v) is 2.29. The van der Waals surface area contributed by atoms with Gasteiger partial charge in [-0.3, -0.25) is 9.59 Å². The van der Waals surface area contributed by atoms with Crippen molar-refractivity contribution >= 4 is 11.7 Å².